The largest absolute Gasteiger partial charge is 0.385 e. The molecule has 12 heteroatoms. The van der Waals surface area contributed by atoms with E-state index in [4.69, 9.17) is 38.7 Å². The molecule has 0 aliphatic carbocycles. The molecule has 2 aromatic carbocycles. The molecule has 3 atom stereocenters. The summed E-state index contributed by atoms with van der Waals surface area (Å²) in [6.07, 6.45) is 2.61. The number of hydrogen-bond acceptors (Lipinski definition) is 6. The number of piperidine rings is 1. The first kappa shape index (κ1) is 28.3. The van der Waals surface area contributed by atoms with Gasteiger partial charge in [0, 0.05) is 63.4 Å². The number of benzene rings is 2. The highest BCUT2D eigenvalue weighted by molar-refractivity contribution is 7.89. The summed E-state index contributed by atoms with van der Waals surface area (Å²) in [4.78, 5) is 20.5. The number of fused-ring (bicyclic) bond motifs is 1. The van der Waals surface area contributed by atoms with Crippen molar-refractivity contribution < 1.29 is 17.9 Å². The van der Waals surface area contributed by atoms with Gasteiger partial charge in [-0.1, -0.05) is 35.3 Å². The molecular formula is C27H33Cl2N5O4S. The Balaban J connectivity index is 1.33. The molecule has 9 nitrogen and oxygen atoms in total. The van der Waals surface area contributed by atoms with Crippen molar-refractivity contribution in [2.75, 3.05) is 39.9 Å². The second-order valence-corrected chi connectivity index (χ2v) is 13.0. The number of ether oxygens (including phenoxy) is 1. The van der Waals surface area contributed by atoms with Gasteiger partial charge in [0.1, 0.15) is 10.7 Å². The van der Waals surface area contributed by atoms with Crippen LogP contribution in [0.5, 0.6) is 0 Å². The second kappa shape index (κ2) is 11.7. The van der Waals surface area contributed by atoms with Crippen LogP contribution < -0.4 is 5.73 Å². The van der Waals surface area contributed by atoms with Gasteiger partial charge in [-0.15, -0.1) is 0 Å². The number of sulfonamides is 1. The van der Waals surface area contributed by atoms with Crippen molar-refractivity contribution in [2.45, 2.75) is 42.7 Å². The van der Waals surface area contributed by atoms with E-state index in [0.29, 0.717) is 24.7 Å². The van der Waals surface area contributed by atoms with Gasteiger partial charge in [-0.3, -0.25) is 4.79 Å². The van der Waals surface area contributed by atoms with E-state index in [-0.39, 0.29) is 34.8 Å². The fraction of sp³-hybridized carbons (Fsp3) is 0.481. The number of aromatic nitrogens is 2. The van der Waals surface area contributed by atoms with Gasteiger partial charge in [0.15, 0.2) is 0 Å². The van der Waals surface area contributed by atoms with E-state index in [1.165, 1.54) is 22.5 Å². The van der Waals surface area contributed by atoms with Gasteiger partial charge in [-0.25, -0.2) is 13.4 Å². The van der Waals surface area contributed by atoms with Gasteiger partial charge in [0.05, 0.1) is 22.0 Å². The Hall–Kier alpha value is -2.21. The van der Waals surface area contributed by atoms with E-state index in [2.05, 4.69) is 10.6 Å². The first-order chi connectivity index (χ1) is 18.7. The molecule has 2 N–H and O–H groups in total. The zero-order valence-electron chi connectivity index (χ0n) is 21.8. The monoisotopic (exact) mass is 593 g/mol. The quantitative estimate of drug-likeness (QED) is 0.398. The van der Waals surface area contributed by atoms with E-state index in [1.807, 2.05) is 23.1 Å². The average Bonchev–Trinajstić information content (AvgIpc) is 3.49. The molecule has 2 saturated heterocycles. The number of likely N-dealkylation sites (tertiary alicyclic amines) is 1. The molecule has 210 valence electrons. The summed E-state index contributed by atoms with van der Waals surface area (Å²) in [7, 11) is -2.24. The van der Waals surface area contributed by atoms with Gasteiger partial charge in [0.2, 0.25) is 15.9 Å². The summed E-state index contributed by atoms with van der Waals surface area (Å²) >= 11 is 12.1. The third kappa shape index (κ3) is 5.68. The smallest absolute Gasteiger partial charge is 0.244 e. The van der Waals surface area contributed by atoms with Crippen LogP contribution in [0, 0.1) is 5.92 Å². The summed E-state index contributed by atoms with van der Waals surface area (Å²) in [5.41, 5.74) is 8.38. The van der Waals surface area contributed by atoms with Crippen LogP contribution >= 0.6 is 23.2 Å². The van der Waals surface area contributed by atoms with E-state index in [1.54, 1.807) is 7.11 Å². The maximum absolute atomic E-state index is 13.7. The zero-order valence-corrected chi connectivity index (χ0v) is 24.1. The van der Waals surface area contributed by atoms with Crippen LogP contribution in [-0.2, 0) is 26.1 Å². The van der Waals surface area contributed by atoms with Crippen molar-refractivity contribution in [1.82, 2.24) is 18.8 Å². The van der Waals surface area contributed by atoms with Crippen LogP contribution in [0.1, 0.15) is 31.0 Å². The summed E-state index contributed by atoms with van der Waals surface area (Å²) in [5, 5.41) is 0.384. The van der Waals surface area contributed by atoms with E-state index in [9.17, 15) is 13.2 Å². The van der Waals surface area contributed by atoms with Crippen molar-refractivity contribution in [3.63, 3.8) is 0 Å². The molecule has 0 bridgehead atoms. The number of aryl methyl sites for hydroxylation is 1. The van der Waals surface area contributed by atoms with Crippen molar-refractivity contribution in [3.8, 4) is 0 Å². The van der Waals surface area contributed by atoms with Crippen LogP contribution in [0.15, 0.2) is 47.4 Å². The molecule has 5 rings (SSSR count). The third-order valence-corrected chi connectivity index (χ3v) is 10.2. The summed E-state index contributed by atoms with van der Waals surface area (Å²) in [6, 6.07) is 11.7. The molecule has 39 heavy (non-hydrogen) atoms. The highest BCUT2D eigenvalue weighted by Gasteiger charge is 2.44. The number of amides is 1. The van der Waals surface area contributed by atoms with Crippen molar-refractivity contribution in [2.24, 2.45) is 11.7 Å². The Bertz CT molecular complexity index is 1460. The maximum atomic E-state index is 13.7. The van der Waals surface area contributed by atoms with Crippen LogP contribution in [0.3, 0.4) is 0 Å². The van der Waals surface area contributed by atoms with Crippen molar-refractivity contribution >= 4 is 50.2 Å². The lowest BCUT2D eigenvalue weighted by atomic mass is 9.94. The number of nitrogens with zero attached hydrogens (tertiary/aromatic N) is 4. The number of nitrogens with two attached hydrogens (primary N) is 1. The number of para-hydroxylation sites is 2. The van der Waals surface area contributed by atoms with E-state index < -0.39 is 22.0 Å². The molecule has 2 aliphatic rings. The standard InChI is InChI=1S/C27H33Cl2N5O4S/c1-38-13-5-12-34-24-8-3-2-7-23(24)31-26(34)18-6-4-11-32(15-18)27(35)20-16-33(17-22(20)30)39(36,37)25-10-9-19(28)14-21(25)29/h2-3,7-10,14,18,20,22H,4-6,11-13,15-17,30H2,1H3/t18-,20-,22-/m1/s1. The first-order valence-electron chi connectivity index (χ1n) is 13.1. The van der Waals surface area contributed by atoms with Crippen LogP contribution in [0.25, 0.3) is 11.0 Å². The molecule has 0 saturated carbocycles. The molecule has 1 aromatic heterocycles. The number of hydrogen-bond donors (Lipinski definition) is 1. The van der Waals surface area contributed by atoms with Gasteiger partial charge >= 0.3 is 0 Å². The zero-order chi connectivity index (χ0) is 27.7. The fourth-order valence-electron chi connectivity index (χ4n) is 5.70. The molecule has 2 fully saturated rings. The van der Waals surface area contributed by atoms with Crippen molar-refractivity contribution in [3.05, 3.63) is 58.3 Å². The minimum absolute atomic E-state index is 0.0119. The Kier molecular flexibility index (Phi) is 8.51. The first-order valence-corrected chi connectivity index (χ1v) is 15.3. The molecule has 1 amide bonds. The van der Waals surface area contributed by atoms with Gasteiger partial charge in [0.25, 0.3) is 0 Å². The Morgan fingerprint density at radius 3 is 2.72 bits per heavy atom. The molecule has 0 unspecified atom stereocenters. The molecule has 2 aliphatic heterocycles. The fourth-order valence-corrected chi connectivity index (χ4v) is 7.95. The number of carbonyl (C=O) groups excluding carboxylic acids is 1. The SMILES string of the molecule is COCCCn1c([C@@H]2CCCN(C(=O)[C@@H]3CN(S(=O)(=O)c4ccc(Cl)cc4Cl)C[C@H]3N)C2)nc2ccccc21. The highest BCUT2D eigenvalue weighted by Crippen LogP contribution is 2.33. The third-order valence-electron chi connectivity index (χ3n) is 7.67. The average molecular weight is 595 g/mol. The minimum Gasteiger partial charge on any atom is -0.385 e. The van der Waals surface area contributed by atoms with E-state index in [0.717, 1.165) is 42.7 Å². The minimum atomic E-state index is -3.93. The van der Waals surface area contributed by atoms with Gasteiger partial charge in [-0.2, -0.15) is 4.31 Å². The lowest BCUT2D eigenvalue weighted by Gasteiger charge is -2.35. The lowest BCUT2D eigenvalue weighted by Crippen LogP contribution is -2.47. The second-order valence-electron chi connectivity index (χ2n) is 10.2. The number of carbonyl (C=O) groups is 1. The summed E-state index contributed by atoms with van der Waals surface area (Å²) < 4.78 is 35.4. The predicted molar refractivity (Wildman–Crippen MR) is 151 cm³/mol. The van der Waals surface area contributed by atoms with Crippen LogP contribution in [0.2, 0.25) is 10.0 Å². The van der Waals surface area contributed by atoms with E-state index >= 15 is 0 Å². The number of imidazole rings is 1. The van der Waals surface area contributed by atoms with Crippen LogP contribution in [-0.4, -0.2) is 79.0 Å². The normalized spacial score (nSPS) is 22.6. The predicted octanol–water partition coefficient (Wildman–Crippen LogP) is 3.73. The molecule has 3 heterocycles. The van der Waals surface area contributed by atoms with Crippen LogP contribution in [0.4, 0.5) is 0 Å². The molecule has 0 spiro atoms. The Labute approximate surface area is 238 Å². The highest BCUT2D eigenvalue weighted by atomic mass is 35.5. The van der Waals surface area contributed by atoms with Gasteiger partial charge in [-0.05, 0) is 49.6 Å². The summed E-state index contributed by atoms with van der Waals surface area (Å²) in [5.74, 6) is 0.296. The lowest BCUT2D eigenvalue weighted by molar-refractivity contribution is -0.136. The molecule has 3 aromatic rings. The number of halogens is 2. The summed E-state index contributed by atoms with van der Waals surface area (Å²) in [6.45, 7) is 2.62. The van der Waals surface area contributed by atoms with Crippen molar-refractivity contribution in [1.29, 1.82) is 0 Å². The number of rotatable bonds is 8. The Morgan fingerprint density at radius 1 is 1.15 bits per heavy atom. The number of methoxy groups -OCH3 is 1. The topological polar surface area (TPSA) is 111 Å². The van der Waals surface area contributed by atoms with Gasteiger partial charge < -0.3 is 19.9 Å². The Morgan fingerprint density at radius 2 is 1.95 bits per heavy atom. The maximum Gasteiger partial charge on any atom is 0.244 e. The molecule has 0 radical (unpaired) electrons. The molecular weight excluding hydrogens is 561 g/mol.